The van der Waals surface area contributed by atoms with Gasteiger partial charge in [0.2, 0.25) is 5.91 Å². The summed E-state index contributed by atoms with van der Waals surface area (Å²) in [7, 11) is 0. The molecule has 116 valence electrons. The van der Waals surface area contributed by atoms with Crippen LogP contribution in [0.5, 0.6) is 0 Å². The molecule has 2 saturated heterocycles. The first-order chi connectivity index (χ1) is 9.56. The van der Waals surface area contributed by atoms with E-state index in [-0.39, 0.29) is 5.91 Å². The van der Waals surface area contributed by atoms with Crippen LogP contribution < -0.4 is 0 Å². The monoisotopic (exact) mass is 282 g/mol. The van der Waals surface area contributed by atoms with Gasteiger partial charge in [0.15, 0.2) is 0 Å². The largest absolute Gasteiger partial charge is 0.390 e. The molecule has 2 unspecified atom stereocenters. The van der Waals surface area contributed by atoms with Crippen molar-refractivity contribution in [1.82, 2.24) is 9.80 Å². The SMILES string of the molecule is CC(C)CC1CCCCN1CC(O)CN1CCCC1=O. The predicted molar refractivity (Wildman–Crippen MR) is 80.5 cm³/mol. The summed E-state index contributed by atoms with van der Waals surface area (Å²) in [6.45, 7) is 7.71. The van der Waals surface area contributed by atoms with E-state index < -0.39 is 6.10 Å². The first-order valence-electron chi connectivity index (χ1n) is 8.26. The summed E-state index contributed by atoms with van der Waals surface area (Å²) in [5.74, 6) is 0.916. The fourth-order valence-corrected chi connectivity index (χ4v) is 3.59. The van der Waals surface area contributed by atoms with E-state index >= 15 is 0 Å². The van der Waals surface area contributed by atoms with Crippen LogP contribution in [-0.2, 0) is 4.79 Å². The van der Waals surface area contributed by atoms with E-state index in [2.05, 4.69) is 18.7 Å². The molecule has 2 aliphatic rings. The predicted octanol–water partition coefficient (Wildman–Crippen LogP) is 1.87. The molecule has 2 rings (SSSR count). The molecule has 4 nitrogen and oxygen atoms in total. The lowest BCUT2D eigenvalue weighted by Gasteiger charge is -2.38. The fraction of sp³-hybridized carbons (Fsp3) is 0.938. The molecule has 2 aliphatic heterocycles. The van der Waals surface area contributed by atoms with Crippen molar-refractivity contribution in [3.63, 3.8) is 0 Å². The number of nitrogens with zero attached hydrogens (tertiary/aromatic N) is 2. The number of hydrogen-bond donors (Lipinski definition) is 1. The lowest BCUT2D eigenvalue weighted by atomic mass is 9.94. The topological polar surface area (TPSA) is 43.8 Å². The van der Waals surface area contributed by atoms with Crippen LogP contribution in [0.1, 0.15) is 52.4 Å². The van der Waals surface area contributed by atoms with E-state index in [1.807, 2.05) is 4.90 Å². The molecule has 0 bridgehead atoms. The number of likely N-dealkylation sites (tertiary alicyclic amines) is 2. The Labute approximate surface area is 123 Å². The molecular weight excluding hydrogens is 252 g/mol. The van der Waals surface area contributed by atoms with Crippen molar-refractivity contribution < 1.29 is 9.90 Å². The van der Waals surface area contributed by atoms with Gasteiger partial charge in [-0.15, -0.1) is 0 Å². The number of aliphatic hydroxyl groups excluding tert-OH is 1. The Hall–Kier alpha value is -0.610. The number of aliphatic hydroxyl groups is 1. The van der Waals surface area contributed by atoms with Crippen LogP contribution in [0.15, 0.2) is 0 Å². The van der Waals surface area contributed by atoms with Crippen molar-refractivity contribution in [2.24, 2.45) is 5.92 Å². The second-order valence-corrected chi connectivity index (χ2v) is 6.87. The standard InChI is InChI=1S/C16H30N2O2/c1-13(2)10-14-6-3-4-8-17(14)11-15(19)12-18-9-5-7-16(18)20/h13-15,19H,3-12H2,1-2H3. The number of carbonyl (C=O) groups excluding carboxylic acids is 1. The number of rotatable bonds is 6. The summed E-state index contributed by atoms with van der Waals surface area (Å²) in [4.78, 5) is 15.9. The van der Waals surface area contributed by atoms with Gasteiger partial charge < -0.3 is 10.0 Å². The molecule has 0 aromatic carbocycles. The van der Waals surface area contributed by atoms with E-state index in [4.69, 9.17) is 0 Å². The quantitative estimate of drug-likeness (QED) is 0.809. The number of piperidine rings is 1. The molecular formula is C16H30N2O2. The van der Waals surface area contributed by atoms with Crippen LogP contribution in [0.25, 0.3) is 0 Å². The molecule has 2 heterocycles. The molecule has 1 amide bonds. The normalized spacial score (nSPS) is 26.5. The Morgan fingerprint density at radius 1 is 1.20 bits per heavy atom. The smallest absolute Gasteiger partial charge is 0.222 e. The summed E-state index contributed by atoms with van der Waals surface area (Å²) < 4.78 is 0. The lowest BCUT2D eigenvalue weighted by molar-refractivity contribution is -0.129. The lowest BCUT2D eigenvalue weighted by Crippen LogP contribution is -2.47. The summed E-state index contributed by atoms with van der Waals surface area (Å²) >= 11 is 0. The molecule has 0 radical (unpaired) electrons. The molecule has 2 fully saturated rings. The van der Waals surface area contributed by atoms with Gasteiger partial charge in [0.25, 0.3) is 0 Å². The van der Waals surface area contributed by atoms with Gasteiger partial charge in [-0.2, -0.15) is 0 Å². The Balaban J connectivity index is 1.81. The van der Waals surface area contributed by atoms with Crippen LogP contribution in [0.4, 0.5) is 0 Å². The minimum absolute atomic E-state index is 0.210. The van der Waals surface area contributed by atoms with E-state index in [1.165, 1.54) is 25.7 Å². The Bertz CT molecular complexity index is 320. The average Bonchev–Trinajstić information content (AvgIpc) is 2.77. The van der Waals surface area contributed by atoms with E-state index in [1.54, 1.807) is 0 Å². The van der Waals surface area contributed by atoms with Crippen LogP contribution in [0.2, 0.25) is 0 Å². The molecule has 1 N–H and O–H groups in total. The number of β-amino-alcohol motifs (C(OH)–C–C–N with tert-alkyl or cyclic N) is 1. The molecule has 0 saturated carbocycles. The highest BCUT2D eigenvalue weighted by Gasteiger charge is 2.27. The Morgan fingerprint density at radius 2 is 2.00 bits per heavy atom. The second kappa shape index (κ2) is 7.41. The van der Waals surface area contributed by atoms with Gasteiger partial charge in [-0.25, -0.2) is 0 Å². The van der Waals surface area contributed by atoms with Crippen molar-refractivity contribution in [1.29, 1.82) is 0 Å². The maximum atomic E-state index is 11.6. The van der Waals surface area contributed by atoms with E-state index in [9.17, 15) is 9.90 Å². The zero-order valence-corrected chi connectivity index (χ0v) is 13.1. The minimum Gasteiger partial charge on any atom is -0.390 e. The second-order valence-electron chi connectivity index (χ2n) is 6.87. The molecule has 20 heavy (non-hydrogen) atoms. The molecule has 0 aromatic heterocycles. The van der Waals surface area contributed by atoms with Gasteiger partial charge in [0.05, 0.1) is 6.10 Å². The summed E-state index contributed by atoms with van der Waals surface area (Å²) in [5.41, 5.74) is 0. The van der Waals surface area contributed by atoms with Crippen molar-refractivity contribution >= 4 is 5.91 Å². The third-order valence-electron chi connectivity index (χ3n) is 4.54. The van der Waals surface area contributed by atoms with Gasteiger partial charge in [-0.3, -0.25) is 9.69 Å². The summed E-state index contributed by atoms with van der Waals surface area (Å²) in [6, 6.07) is 0.618. The third kappa shape index (κ3) is 4.45. The Kier molecular flexibility index (Phi) is 5.85. The molecule has 0 spiro atoms. The molecule has 2 atom stereocenters. The highest BCUT2D eigenvalue weighted by molar-refractivity contribution is 5.78. The fourth-order valence-electron chi connectivity index (χ4n) is 3.59. The maximum Gasteiger partial charge on any atom is 0.222 e. The minimum atomic E-state index is -0.398. The summed E-state index contributed by atoms with van der Waals surface area (Å²) in [5, 5.41) is 10.3. The number of carbonyl (C=O) groups is 1. The van der Waals surface area contributed by atoms with Crippen LogP contribution in [0, 0.1) is 5.92 Å². The van der Waals surface area contributed by atoms with E-state index in [0.717, 1.165) is 26.1 Å². The van der Waals surface area contributed by atoms with Crippen LogP contribution in [-0.4, -0.2) is 59.1 Å². The van der Waals surface area contributed by atoms with Gasteiger partial charge in [0.1, 0.15) is 0 Å². The van der Waals surface area contributed by atoms with Gasteiger partial charge in [0, 0.05) is 32.1 Å². The van der Waals surface area contributed by atoms with Crippen LogP contribution in [0.3, 0.4) is 0 Å². The molecule has 0 aromatic rings. The van der Waals surface area contributed by atoms with Crippen molar-refractivity contribution in [3.05, 3.63) is 0 Å². The number of hydrogen-bond acceptors (Lipinski definition) is 3. The first-order valence-corrected chi connectivity index (χ1v) is 8.26. The third-order valence-corrected chi connectivity index (χ3v) is 4.54. The maximum absolute atomic E-state index is 11.6. The van der Waals surface area contributed by atoms with Crippen LogP contribution >= 0.6 is 0 Å². The van der Waals surface area contributed by atoms with Gasteiger partial charge >= 0.3 is 0 Å². The first kappa shape index (κ1) is 15.8. The van der Waals surface area contributed by atoms with Gasteiger partial charge in [-0.1, -0.05) is 20.3 Å². The van der Waals surface area contributed by atoms with Crippen molar-refractivity contribution in [2.75, 3.05) is 26.2 Å². The average molecular weight is 282 g/mol. The van der Waals surface area contributed by atoms with Crippen molar-refractivity contribution in [3.8, 4) is 0 Å². The Morgan fingerprint density at radius 3 is 2.65 bits per heavy atom. The van der Waals surface area contributed by atoms with Gasteiger partial charge in [-0.05, 0) is 38.1 Å². The molecule has 0 aliphatic carbocycles. The zero-order valence-electron chi connectivity index (χ0n) is 13.1. The zero-order chi connectivity index (χ0) is 14.5. The highest BCUT2D eigenvalue weighted by atomic mass is 16.3. The summed E-state index contributed by atoms with van der Waals surface area (Å²) in [6.07, 6.45) is 6.24. The van der Waals surface area contributed by atoms with Crippen molar-refractivity contribution in [2.45, 2.75) is 64.5 Å². The number of amides is 1. The highest BCUT2D eigenvalue weighted by Crippen LogP contribution is 2.23. The molecule has 4 heteroatoms. The van der Waals surface area contributed by atoms with E-state index in [0.29, 0.717) is 24.9 Å².